The van der Waals surface area contributed by atoms with Crippen LogP contribution in [0.5, 0.6) is 0 Å². The summed E-state index contributed by atoms with van der Waals surface area (Å²) in [5, 5.41) is 0. The van der Waals surface area contributed by atoms with Crippen molar-refractivity contribution in [2.45, 2.75) is 20.8 Å². The Kier molecular flexibility index (Phi) is 3.43. The van der Waals surface area contributed by atoms with E-state index in [1.54, 1.807) is 0 Å². The Labute approximate surface area is 104 Å². The first-order chi connectivity index (χ1) is 8.24. The summed E-state index contributed by atoms with van der Waals surface area (Å²) in [7, 11) is 0. The fraction of sp³-hybridized carbons (Fsp3) is 0.176. The van der Waals surface area contributed by atoms with Crippen LogP contribution in [-0.4, -0.2) is 0 Å². The standard InChI is InChI=1S/C17H18/c1-4-8-15-12-11-13(2)14(3)17(15)16-9-6-5-7-10-16/h4-12H,1-3H3. The van der Waals surface area contributed by atoms with Crippen LogP contribution in [0.4, 0.5) is 0 Å². The van der Waals surface area contributed by atoms with Gasteiger partial charge in [0.2, 0.25) is 0 Å². The van der Waals surface area contributed by atoms with Crippen molar-refractivity contribution >= 4 is 6.08 Å². The van der Waals surface area contributed by atoms with Gasteiger partial charge in [-0.1, -0.05) is 54.6 Å². The molecule has 0 spiro atoms. The third-order valence-electron chi connectivity index (χ3n) is 3.18. The van der Waals surface area contributed by atoms with Gasteiger partial charge >= 0.3 is 0 Å². The van der Waals surface area contributed by atoms with Crippen molar-refractivity contribution in [3.8, 4) is 11.1 Å². The summed E-state index contributed by atoms with van der Waals surface area (Å²) < 4.78 is 0. The molecule has 2 rings (SSSR count). The van der Waals surface area contributed by atoms with E-state index in [4.69, 9.17) is 0 Å². The van der Waals surface area contributed by atoms with Crippen LogP contribution in [-0.2, 0) is 0 Å². The van der Waals surface area contributed by atoms with Gasteiger partial charge in [0.1, 0.15) is 0 Å². The molecule has 0 aromatic heterocycles. The minimum atomic E-state index is 1.29. The molecule has 2 aromatic carbocycles. The first kappa shape index (κ1) is 11.7. The van der Waals surface area contributed by atoms with Crippen molar-refractivity contribution in [3.05, 3.63) is 65.2 Å². The highest BCUT2D eigenvalue weighted by Crippen LogP contribution is 2.30. The van der Waals surface area contributed by atoms with Crippen LogP contribution in [0.15, 0.2) is 48.5 Å². The summed E-state index contributed by atoms with van der Waals surface area (Å²) in [6.07, 6.45) is 4.27. The van der Waals surface area contributed by atoms with Crippen molar-refractivity contribution in [1.82, 2.24) is 0 Å². The largest absolute Gasteiger partial charge is 0.0870 e. The van der Waals surface area contributed by atoms with Crippen molar-refractivity contribution in [2.75, 3.05) is 0 Å². The summed E-state index contributed by atoms with van der Waals surface area (Å²) >= 11 is 0. The van der Waals surface area contributed by atoms with E-state index in [1.165, 1.54) is 27.8 Å². The molecule has 2 aromatic rings. The number of allylic oxidation sites excluding steroid dienone is 1. The minimum Gasteiger partial charge on any atom is -0.0870 e. The highest BCUT2D eigenvalue weighted by Gasteiger charge is 2.07. The maximum atomic E-state index is 2.20. The Balaban J connectivity index is 2.70. The Morgan fingerprint density at radius 2 is 1.59 bits per heavy atom. The van der Waals surface area contributed by atoms with E-state index in [9.17, 15) is 0 Å². The van der Waals surface area contributed by atoms with Crippen LogP contribution in [0.3, 0.4) is 0 Å². The van der Waals surface area contributed by atoms with Gasteiger partial charge < -0.3 is 0 Å². The Morgan fingerprint density at radius 1 is 0.882 bits per heavy atom. The van der Waals surface area contributed by atoms with Crippen LogP contribution in [0.1, 0.15) is 23.6 Å². The summed E-state index contributed by atoms with van der Waals surface area (Å²) in [6, 6.07) is 15.0. The van der Waals surface area contributed by atoms with Gasteiger partial charge in [-0.3, -0.25) is 0 Å². The summed E-state index contributed by atoms with van der Waals surface area (Å²) in [4.78, 5) is 0. The third kappa shape index (κ3) is 2.31. The molecule has 0 nitrogen and oxygen atoms in total. The highest BCUT2D eigenvalue weighted by atomic mass is 14.1. The fourth-order valence-electron chi connectivity index (χ4n) is 2.14. The first-order valence-corrected chi connectivity index (χ1v) is 6.02. The predicted molar refractivity (Wildman–Crippen MR) is 76.1 cm³/mol. The van der Waals surface area contributed by atoms with Gasteiger partial charge in [-0.2, -0.15) is 0 Å². The first-order valence-electron chi connectivity index (χ1n) is 6.02. The fourth-order valence-corrected chi connectivity index (χ4v) is 2.14. The van der Waals surface area contributed by atoms with Crippen molar-refractivity contribution < 1.29 is 0 Å². The topological polar surface area (TPSA) is 0 Å². The lowest BCUT2D eigenvalue weighted by molar-refractivity contribution is 1.33. The second kappa shape index (κ2) is 5.01. The van der Waals surface area contributed by atoms with Gasteiger partial charge in [0, 0.05) is 0 Å². The molecule has 0 aliphatic carbocycles. The molecule has 0 saturated carbocycles. The number of benzene rings is 2. The van der Waals surface area contributed by atoms with E-state index in [0.717, 1.165) is 0 Å². The average Bonchev–Trinajstić information content (AvgIpc) is 2.36. The molecular weight excluding hydrogens is 204 g/mol. The molecule has 0 saturated heterocycles. The molecule has 0 amide bonds. The van der Waals surface area contributed by atoms with Gasteiger partial charge in [-0.15, -0.1) is 0 Å². The van der Waals surface area contributed by atoms with Crippen LogP contribution in [0.25, 0.3) is 17.2 Å². The van der Waals surface area contributed by atoms with Crippen molar-refractivity contribution in [3.63, 3.8) is 0 Å². The quantitative estimate of drug-likeness (QED) is 0.670. The molecule has 0 atom stereocenters. The van der Waals surface area contributed by atoms with Gasteiger partial charge in [0.25, 0.3) is 0 Å². The maximum absolute atomic E-state index is 2.20. The molecule has 0 radical (unpaired) electrons. The van der Waals surface area contributed by atoms with Crippen LogP contribution < -0.4 is 0 Å². The van der Waals surface area contributed by atoms with E-state index in [0.29, 0.717) is 0 Å². The van der Waals surface area contributed by atoms with Crippen LogP contribution in [0, 0.1) is 13.8 Å². The van der Waals surface area contributed by atoms with E-state index in [-0.39, 0.29) is 0 Å². The highest BCUT2D eigenvalue weighted by molar-refractivity contribution is 5.78. The molecule has 17 heavy (non-hydrogen) atoms. The second-order valence-electron chi connectivity index (χ2n) is 4.34. The molecule has 86 valence electrons. The van der Waals surface area contributed by atoms with E-state index >= 15 is 0 Å². The lowest BCUT2D eigenvalue weighted by atomic mass is 9.92. The minimum absolute atomic E-state index is 1.29. The number of hydrogen-bond donors (Lipinski definition) is 0. The lowest BCUT2D eigenvalue weighted by Gasteiger charge is -2.13. The Morgan fingerprint density at radius 3 is 2.24 bits per heavy atom. The molecule has 0 heterocycles. The van der Waals surface area contributed by atoms with Crippen LogP contribution >= 0.6 is 0 Å². The number of hydrogen-bond acceptors (Lipinski definition) is 0. The zero-order chi connectivity index (χ0) is 12.3. The normalized spacial score (nSPS) is 11.0. The zero-order valence-electron chi connectivity index (χ0n) is 10.7. The molecule has 0 unspecified atom stereocenters. The molecule has 0 bridgehead atoms. The SMILES string of the molecule is CC=Cc1ccc(C)c(C)c1-c1ccccc1. The molecule has 0 heteroatoms. The lowest BCUT2D eigenvalue weighted by Crippen LogP contribution is -1.91. The van der Waals surface area contributed by atoms with Gasteiger partial charge in [0.15, 0.2) is 0 Å². The Bertz CT molecular complexity index is 533. The smallest absolute Gasteiger partial charge is 0.00796 e. The third-order valence-corrected chi connectivity index (χ3v) is 3.18. The predicted octanol–water partition coefficient (Wildman–Crippen LogP) is 5.00. The summed E-state index contributed by atoms with van der Waals surface area (Å²) in [6.45, 7) is 6.43. The van der Waals surface area contributed by atoms with Crippen LogP contribution in [0.2, 0.25) is 0 Å². The van der Waals surface area contributed by atoms with E-state index in [1.807, 2.05) is 0 Å². The molecule has 0 aliphatic heterocycles. The van der Waals surface area contributed by atoms with Crippen molar-refractivity contribution in [1.29, 1.82) is 0 Å². The average molecular weight is 222 g/mol. The molecule has 0 aliphatic rings. The van der Waals surface area contributed by atoms with Gasteiger partial charge in [0.05, 0.1) is 0 Å². The number of aryl methyl sites for hydroxylation is 1. The maximum Gasteiger partial charge on any atom is -0.00796 e. The molecule has 0 fully saturated rings. The monoisotopic (exact) mass is 222 g/mol. The van der Waals surface area contributed by atoms with Gasteiger partial charge in [-0.25, -0.2) is 0 Å². The molecular formula is C17H18. The number of rotatable bonds is 2. The van der Waals surface area contributed by atoms with E-state index < -0.39 is 0 Å². The summed E-state index contributed by atoms with van der Waals surface area (Å²) in [5.74, 6) is 0. The zero-order valence-corrected chi connectivity index (χ0v) is 10.7. The van der Waals surface area contributed by atoms with Crippen molar-refractivity contribution in [2.24, 2.45) is 0 Å². The van der Waals surface area contributed by atoms with Gasteiger partial charge in [-0.05, 0) is 48.6 Å². The summed E-state index contributed by atoms with van der Waals surface area (Å²) in [5.41, 5.74) is 6.65. The second-order valence-corrected chi connectivity index (χ2v) is 4.34. The Hall–Kier alpha value is -1.82. The van der Waals surface area contributed by atoms with E-state index in [2.05, 4.69) is 75.4 Å². The molecule has 0 N–H and O–H groups in total.